The molecule has 2 aromatic rings. The summed E-state index contributed by atoms with van der Waals surface area (Å²) in [6, 6.07) is 4.40. The maximum absolute atomic E-state index is 11.7. The molecule has 1 heterocycles. The van der Waals surface area contributed by atoms with Crippen molar-refractivity contribution in [3.05, 3.63) is 34.3 Å². The highest BCUT2D eigenvalue weighted by Gasteiger charge is 2.16. The van der Waals surface area contributed by atoms with E-state index in [4.69, 9.17) is 15.3 Å². The Hall–Kier alpha value is -2.08. The molecule has 0 aliphatic heterocycles. The summed E-state index contributed by atoms with van der Waals surface area (Å²) in [6.07, 6.45) is -0.157. The zero-order chi connectivity index (χ0) is 14.2. The maximum atomic E-state index is 11.7. The Balaban J connectivity index is 2.53. The molecule has 1 unspecified atom stereocenters. The molecule has 0 saturated carbocycles. The number of rotatable bonds is 4. The summed E-state index contributed by atoms with van der Waals surface area (Å²) < 4.78 is 6.65. The van der Waals surface area contributed by atoms with Crippen molar-refractivity contribution in [2.45, 2.75) is 32.4 Å². The minimum absolute atomic E-state index is 0.0419. The number of carboxylic acid groups (broad SMARTS) is 1. The molecule has 6 heteroatoms. The number of aromatic nitrogens is 1. The van der Waals surface area contributed by atoms with Gasteiger partial charge in [-0.25, -0.2) is 4.79 Å². The number of oxazole rings is 1. The highest BCUT2D eigenvalue weighted by molar-refractivity contribution is 5.75. The lowest BCUT2D eigenvalue weighted by Gasteiger charge is -2.10. The predicted octanol–water partition coefficient (Wildman–Crippen LogP) is 1.65. The molecular weight excluding hydrogens is 248 g/mol. The molecule has 2 rings (SSSR count). The van der Waals surface area contributed by atoms with E-state index in [1.807, 2.05) is 13.8 Å². The summed E-state index contributed by atoms with van der Waals surface area (Å²) >= 11 is 0. The van der Waals surface area contributed by atoms with Crippen LogP contribution in [0.1, 0.15) is 37.9 Å². The van der Waals surface area contributed by atoms with Crippen LogP contribution in [0.15, 0.2) is 27.4 Å². The van der Waals surface area contributed by atoms with Crippen LogP contribution in [0.5, 0.6) is 0 Å². The Kier molecular flexibility index (Phi) is 3.44. The third-order valence-corrected chi connectivity index (χ3v) is 2.98. The maximum Gasteiger partial charge on any atom is 0.420 e. The van der Waals surface area contributed by atoms with Crippen LogP contribution in [0.25, 0.3) is 11.1 Å². The van der Waals surface area contributed by atoms with Gasteiger partial charge in [-0.3, -0.25) is 9.36 Å². The first kappa shape index (κ1) is 13.4. The molecule has 3 N–H and O–H groups in total. The van der Waals surface area contributed by atoms with Gasteiger partial charge in [0.2, 0.25) is 0 Å². The molecule has 0 fully saturated rings. The van der Waals surface area contributed by atoms with Gasteiger partial charge in [-0.05, 0) is 31.5 Å². The van der Waals surface area contributed by atoms with Gasteiger partial charge in [-0.2, -0.15) is 0 Å². The van der Waals surface area contributed by atoms with Gasteiger partial charge in [-0.1, -0.05) is 6.07 Å². The fraction of sp³-hybridized carbons (Fsp3) is 0.385. The SMILES string of the molecule is CC(C)n1c(=O)oc2ccc(C(N)CC(=O)O)cc21. The summed E-state index contributed by atoms with van der Waals surface area (Å²) in [5.41, 5.74) is 7.61. The Labute approximate surface area is 109 Å². The molecule has 1 atom stereocenters. The van der Waals surface area contributed by atoms with Crippen molar-refractivity contribution in [2.24, 2.45) is 5.73 Å². The number of fused-ring (bicyclic) bond motifs is 1. The molecule has 0 radical (unpaired) electrons. The van der Waals surface area contributed by atoms with Crippen LogP contribution in [0.4, 0.5) is 0 Å². The van der Waals surface area contributed by atoms with Gasteiger partial charge in [0, 0.05) is 12.1 Å². The normalized spacial score (nSPS) is 13.1. The van der Waals surface area contributed by atoms with E-state index >= 15 is 0 Å². The highest BCUT2D eigenvalue weighted by Crippen LogP contribution is 2.22. The van der Waals surface area contributed by atoms with Gasteiger partial charge in [0.15, 0.2) is 5.58 Å². The summed E-state index contributed by atoms with van der Waals surface area (Å²) in [5, 5.41) is 8.75. The van der Waals surface area contributed by atoms with Crippen LogP contribution < -0.4 is 11.5 Å². The molecule has 102 valence electrons. The largest absolute Gasteiger partial charge is 0.481 e. The van der Waals surface area contributed by atoms with Gasteiger partial charge in [0.25, 0.3) is 0 Å². The van der Waals surface area contributed by atoms with E-state index in [1.54, 1.807) is 18.2 Å². The van der Waals surface area contributed by atoms with Crippen molar-refractivity contribution in [3.63, 3.8) is 0 Å². The minimum Gasteiger partial charge on any atom is -0.481 e. The van der Waals surface area contributed by atoms with Gasteiger partial charge in [-0.15, -0.1) is 0 Å². The van der Waals surface area contributed by atoms with E-state index in [2.05, 4.69) is 0 Å². The van der Waals surface area contributed by atoms with Crippen molar-refractivity contribution >= 4 is 17.1 Å². The number of aliphatic carboxylic acids is 1. The van der Waals surface area contributed by atoms with E-state index in [-0.39, 0.29) is 12.5 Å². The minimum atomic E-state index is -0.957. The number of benzene rings is 1. The van der Waals surface area contributed by atoms with Crippen LogP contribution in [0.3, 0.4) is 0 Å². The van der Waals surface area contributed by atoms with Crippen molar-refractivity contribution in [1.29, 1.82) is 0 Å². The molecule has 0 aliphatic rings. The van der Waals surface area contributed by atoms with Crippen LogP contribution >= 0.6 is 0 Å². The van der Waals surface area contributed by atoms with E-state index in [1.165, 1.54) is 4.57 Å². The number of carboxylic acids is 1. The molecular formula is C13H16N2O4. The Bertz CT molecular complexity index is 669. The average molecular weight is 264 g/mol. The number of nitrogens with zero attached hydrogens (tertiary/aromatic N) is 1. The summed E-state index contributed by atoms with van der Waals surface area (Å²) in [4.78, 5) is 22.4. The summed E-state index contributed by atoms with van der Waals surface area (Å²) in [5.74, 6) is -1.38. The Morgan fingerprint density at radius 1 is 1.47 bits per heavy atom. The van der Waals surface area contributed by atoms with E-state index in [9.17, 15) is 9.59 Å². The molecule has 6 nitrogen and oxygen atoms in total. The zero-order valence-electron chi connectivity index (χ0n) is 10.8. The van der Waals surface area contributed by atoms with Gasteiger partial charge >= 0.3 is 11.7 Å². The average Bonchev–Trinajstić information content (AvgIpc) is 2.62. The van der Waals surface area contributed by atoms with E-state index in [0.29, 0.717) is 16.7 Å². The molecule has 0 saturated heterocycles. The second-order valence-electron chi connectivity index (χ2n) is 4.76. The smallest absolute Gasteiger partial charge is 0.420 e. The number of hydrogen-bond donors (Lipinski definition) is 2. The fourth-order valence-corrected chi connectivity index (χ4v) is 2.08. The van der Waals surface area contributed by atoms with Crippen LogP contribution in [0, 0.1) is 0 Å². The van der Waals surface area contributed by atoms with Gasteiger partial charge in [0.1, 0.15) is 0 Å². The van der Waals surface area contributed by atoms with Gasteiger partial charge in [0.05, 0.1) is 11.9 Å². The summed E-state index contributed by atoms with van der Waals surface area (Å²) in [7, 11) is 0. The van der Waals surface area contributed by atoms with Gasteiger partial charge < -0.3 is 15.3 Å². The van der Waals surface area contributed by atoms with Crippen LogP contribution in [-0.2, 0) is 4.79 Å². The third-order valence-electron chi connectivity index (χ3n) is 2.98. The highest BCUT2D eigenvalue weighted by atomic mass is 16.4. The summed E-state index contributed by atoms with van der Waals surface area (Å²) in [6.45, 7) is 3.75. The van der Waals surface area contributed by atoms with Crippen LogP contribution in [0.2, 0.25) is 0 Å². The lowest BCUT2D eigenvalue weighted by Crippen LogP contribution is -2.17. The van der Waals surface area contributed by atoms with Crippen LogP contribution in [-0.4, -0.2) is 15.6 Å². The third kappa shape index (κ3) is 2.53. The molecule has 0 bridgehead atoms. The lowest BCUT2D eigenvalue weighted by atomic mass is 10.0. The molecule has 0 amide bonds. The first-order chi connectivity index (χ1) is 8.90. The first-order valence-corrected chi connectivity index (χ1v) is 6.02. The topological polar surface area (TPSA) is 98.5 Å². The molecule has 0 spiro atoms. The Morgan fingerprint density at radius 3 is 2.74 bits per heavy atom. The van der Waals surface area contributed by atoms with E-state index in [0.717, 1.165) is 0 Å². The first-order valence-electron chi connectivity index (χ1n) is 6.02. The number of nitrogens with two attached hydrogens (primary N) is 1. The van der Waals surface area contributed by atoms with Crippen molar-refractivity contribution < 1.29 is 14.3 Å². The number of carbonyl (C=O) groups is 1. The fourth-order valence-electron chi connectivity index (χ4n) is 2.08. The monoisotopic (exact) mass is 264 g/mol. The predicted molar refractivity (Wildman–Crippen MR) is 70.0 cm³/mol. The Morgan fingerprint density at radius 2 is 2.16 bits per heavy atom. The quantitative estimate of drug-likeness (QED) is 0.874. The zero-order valence-corrected chi connectivity index (χ0v) is 10.8. The second kappa shape index (κ2) is 4.89. The van der Waals surface area contributed by atoms with Crippen molar-refractivity contribution in [1.82, 2.24) is 4.57 Å². The molecule has 0 aliphatic carbocycles. The molecule has 1 aromatic heterocycles. The van der Waals surface area contributed by atoms with Crippen molar-refractivity contribution in [3.8, 4) is 0 Å². The number of hydrogen-bond acceptors (Lipinski definition) is 4. The lowest BCUT2D eigenvalue weighted by molar-refractivity contribution is -0.137. The standard InChI is InChI=1S/C13H16N2O4/c1-7(2)15-10-5-8(9(14)6-12(16)17)3-4-11(10)19-13(15)18/h3-5,7,9H,6,14H2,1-2H3,(H,16,17). The van der Waals surface area contributed by atoms with E-state index < -0.39 is 17.8 Å². The van der Waals surface area contributed by atoms with Crippen molar-refractivity contribution in [2.75, 3.05) is 0 Å². The molecule has 19 heavy (non-hydrogen) atoms. The second-order valence-corrected chi connectivity index (χ2v) is 4.76. The molecule has 1 aromatic carbocycles.